The Morgan fingerprint density at radius 2 is 1.81 bits per heavy atom. The second-order valence-corrected chi connectivity index (χ2v) is 8.76. The van der Waals surface area contributed by atoms with Gasteiger partial charge in [0.1, 0.15) is 17.0 Å². The summed E-state index contributed by atoms with van der Waals surface area (Å²) in [4.78, 5) is 15.5. The summed E-state index contributed by atoms with van der Waals surface area (Å²) in [7, 11) is 2.21. The van der Waals surface area contributed by atoms with E-state index < -0.39 is 16.0 Å². The van der Waals surface area contributed by atoms with Crippen molar-refractivity contribution in [2.24, 2.45) is 4.40 Å². The van der Waals surface area contributed by atoms with Crippen LogP contribution in [0.25, 0.3) is 0 Å². The van der Waals surface area contributed by atoms with Crippen LogP contribution in [0.3, 0.4) is 0 Å². The molecule has 168 valence electrons. The van der Waals surface area contributed by atoms with Crippen LogP contribution >= 0.6 is 0 Å². The fourth-order valence-corrected chi connectivity index (χ4v) is 3.82. The Balaban J connectivity index is 2.77. The van der Waals surface area contributed by atoms with E-state index in [1.807, 2.05) is 18.0 Å². The second kappa shape index (κ2) is 10.8. The maximum Gasteiger partial charge on any atom is 0.337 e. The van der Waals surface area contributed by atoms with Crippen molar-refractivity contribution in [3.05, 3.63) is 48.0 Å². The van der Waals surface area contributed by atoms with Gasteiger partial charge < -0.3 is 19.3 Å². The number of unbranched alkanes of at least 4 members (excludes halogenated alkanes) is 1. The Kier molecular flexibility index (Phi) is 8.44. The van der Waals surface area contributed by atoms with Gasteiger partial charge in [0.25, 0.3) is 10.0 Å². The maximum absolute atomic E-state index is 13.1. The molecule has 0 aliphatic rings. The standard InChI is InChI=1S/C22H29N3O5S/c1-6-7-13-25(4)19-14-17(22(26)29-5)15-20(31(27,28)23-16-24(2)3)21(19)30-18-11-9-8-10-12-18/h8-12,14-16H,6-7,13H2,1-5H3/b23-16-. The van der Waals surface area contributed by atoms with Gasteiger partial charge in [-0.15, -0.1) is 4.40 Å². The average molecular weight is 448 g/mol. The van der Waals surface area contributed by atoms with Gasteiger partial charge >= 0.3 is 5.97 Å². The number of hydrogen-bond acceptors (Lipinski definition) is 6. The highest BCUT2D eigenvalue weighted by molar-refractivity contribution is 7.90. The van der Waals surface area contributed by atoms with Gasteiger partial charge in [0.15, 0.2) is 5.75 Å². The monoisotopic (exact) mass is 447 g/mol. The third-order valence-electron chi connectivity index (χ3n) is 4.37. The van der Waals surface area contributed by atoms with Crippen LogP contribution in [0.5, 0.6) is 11.5 Å². The van der Waals surface area contributed by atoms with Crippen LogP contribution < -0.4 is 9.64 Å². The molecule has 0 unspecified atom stereocenters. The van der Waals surface area contributed by atoms with E-state index in [0.717, 1.165) is 12.8 Å². The van der Waals surface area contributed by atoms with Crippen LogP contribution in [0.4, 0.5) is 5.69 Å². The van der Waals surface area contributed by atoms with E-state index in [2.05, 4.69) is 11.3 Å². The fraction of sp³-hybridized carbons (Fsp3) is 0.364. The first-order valence-electron chi connectivity index (χ1n) is 9.87. The summed E-state index contributed by atoms with van der Waals surface area (Å²) in [6.07, 6.45) is 3.02. The van der Waals surface area contributed by atoms with Crippen molar-refractivity contribution in [2.45, 2.75) is 24.7 Å². The number of esters is 1. The molecule has 0 spiro atoms. The Hall–Kier alpha value is -3.07. The lowest BCUT2D eigenvalue weighted by Gasteiger charge is -2.24. The maximum atomic E-state index is 13.1. The highest BCUT2D eigenvalue weighted by atomic mass is 32.2. The highest BCUT2D eigenvalue weighted by Gasteiger charge is 2.27. The molecule has 0 aliphatic heterocycles. The summed E-state index contributed by atoms with van der Waals surface area (Å²) in [6, 6.07) is 11.7. The van der Waals surface area contributed by atoms with Crippen molar-refractivity contribution in [3.63, 3.8) is 0 Å². The van der Waals surface area contributed by atoms with Gasteiger partial charge in [-0.05, 0) is 30.7 Å². The average Bonchev–Trinajstić information content (AvgIpc) is 2.76. The van der Waals surface area contributed by atoms with Crippen LogP contribution in [-0.2, 0) is 14.8 Å². The van der Waals surface area contributed by atoms with E-state index in [4.69, 9.17) is 9.47 Å². The van der Waals surface area contributed by atoms with E-state index in [-0.39, 0.29) is 16.2 Å². The zero-order valence-electron chi connectivity index (χ0n) is 18.5. The Bertz CT molecular complexity index is 1020. The molecule has 2 aromatic rings. The molecule has 0 bridgehead atoms. The molecule has 31 heavy (non-hydrogen) atoms. The Morgan fingerprint density at radius 1 is 1.13 bits per heavy atom. The summed E-state index contributed by atoms with van der Waals surface area (Å²) in [6.45, 7) is 2.71. The number of carbonyl (C=O) groups excluding carboxylic acids is 1. The molecular weight excluding hydrogens is 418 g/mol. The van der Waals surface area contributed by atoms with Gasteiger partial charge in [0.2, 0.25) is 0 Å². The van der Waals surface area contributed by atoms with Crippen LogP contribution in [-0.4, -0.2) is 60.4 Å². The molecular formula is C22H29N3O5S. The second-order valence-electron chi connectivity index (χ2n) is 7.16. The minimum absolute atomic E-state index is 0.0971. The van der Waals surface area contributed by atoms with Crippen LogP contribution in [0.1, 0.15) is 30.1 Å². The first-order chi connectivity index (χ1) is 14.7. The molecule has 0 atom stereocenters. The lowest BCUT2D eigenvalue weighted by Crippen LogP contribution is -2.21. The predicted molar refractivity (Wildman–Crippen MR) is 122 cm³/mol. The van der Waals surface area contributed by atoms with Gasteiger partial charge in [0, 0.05) is 27.7 Å². The number of anilines is 1. The molecule has 0 aromatic heterocycles. The number of sulfonamides is 1. The topological polar surface area (TPSA) is 88.5 Å². The molecule has 9 heteroatoms. The third kappa shape index (κ3) is 6.45. The van der Waals surface area contributed by atoms with E-state index in [0.29, 0.717) is 18.0 Å². The number of ether oxygens (including phenoxy) is 2. The quantitative estimate of drug-likeness (QED) is 0.311. The number of carbonyl (C=O) groups is 1. The molecule has 0 N–H and O–H groups in total. The molecule has 0 fully saturated rings. The lowest BCUT2D eigenvalue weighted by atomic mass is 10.1. The Labute approximate surface area is 184 Å². The van der Waals surface area contributed by atoms with Crippen molar-refractivity contribution in [1.29, 1.82) is 0 Å². The predicted octanol–water partition coefficient (Wildman–Crippen LogP) is 3.78. The van der Waals surface area contributed by atoms with Gasteiger partial charge in [-0.3, -0.25) is 0 Å². The summed E-state index contributed by atoms with van der Waals surface area (Å²) in [5, 5.41) is 0. The molecule has 2 rings (SSSR count). The van der Waals surface area contributed by atoms with Gasteiger partial charge in [-0.25, -0.2) is 4.79 Å². The van der Waals surface area contributed by atoms with Crippen LogP contribution in [0, 0.1) is 0 Å². The third-order valence-corrected chi connectivity index (χ3v) is 5.60. The van der Waals surface area contributed by atoms with Crippen molar-refractivity contribution in [3.8, 4) is 11.5 Å². The van der Waals surface area contributed by atoms with Gasteiger partial charge in [0.05, 0.1) is 18.4 Å². The van der Waals surface area contributed by atoms with Crippen molar-refractivity contribution in [1.82, 2.24) is 4.90 Å². The molecule has 0 saturated carbocycles. The van der Waals surface area contributed by atoms with Crippen molar-refractivity contribution >= 4 is 28.0 Å². The molecule has 0 radical (unpaired) electrons. The zero-order valence-corrected chi connectivity index (χ0v) is 19.3. The minimum atomic E-state index is -4.18. The van der Waals surface area contributed by atoms with Gasteiger partial charge in [-0.1, -0.05) is 31.5 Å². The van der Waals surface area contributed by atoms with E-state index in [1.54, 1.807) is 44.4 Å². The first kappa shape index (κ1) is 24.2. The lowest BCUT2D eigenvalue weighted by molar-refractivity contribution is 0.0600. The SMILES string of the molecule is CCCCN(C)c1cc(C(=O)OC)cc(S(=O)(=O)/N=C\N(C)C)c1Oc1ccccc1. The molecule has 2 aromatic carbocycles. The van der Waals surface area contributed by atoms with Crippen LogP contribution in [0.2, 0.25) is 0 Å². The number of rotatable bonds is 10. The Morgan fingerprint density at radius 3 is 2.39 bits per heavy atom. The molecule has 0 saturated heterocycles. The number of methoxy groups -OCH3 is 1. The van der Waals surface area contributed by atoms with Gasteiger partial charge in [-0.2, -0.15) is 8.42 Å². The smallest absolute Gasteiger partial charge is 0.337 e. The van der Waals surface area contributed by atoms with Crippen molar-refractivity contribution < 1.29 is 22.7 Å². The minimum Gasteiger partial charge on any atom is -0.465 e. The summed E-state index contributed by atoms with van der Waals surface area (Å²) in [5.74, 6) is -0.0793. The molecule has 0 heterocycles. The van der Waals surface area contributed by atoms with E-state index in [1.165, 1.54) is 24.4 Å². The van der Waals surface area contributed by atoms with Crippen LogP contribution in [0.15, 0.2) is 51.8 Å². The summed E-state index contributed by atoms with van der Waals surface area (Å²) in [5.41, 5.74) is 0.554. The fourth-order valence-electron chi connectivity index (χ4n) is 2.74. The first-order valence-corrected chi connectivity index (χ1v) is 11.3. The number of para-hydroxylation sites is 1. The summed E-state index contributed by atoms with van der Waals surface area (Å²) >= 11 is 0. The zero-order chi connectivity index (χ0) is 23.0. The van der Waals surface area contributed by atoms with E-state index in [9.17, 15) is 13.2 Å². The summed E-state index contributed by atoms with van der Waals surface area (Å²) < 4.78 is 40.9. The molecule has 0 aliphatic carbocycles. The van der Waals surface area contributed by atoms with E-state index >= 15 is 0 Å². The normalized spacial score (nSPS) is 11.4. The molecule has 8 nitrogen and oxygen atoms in total. The number of benzene rings is 2. The van der Waals surface area contributed by atoms with Crippen molar-refractivity contribution in [2.75, 3.05) is 39.7 Å². The number of hydrogen-bond donors (Lipinski definition) is 0. The number of nitrogens with zero attached hydrogens (tertiary/aromatic N) is 3. The molecule has 0 amide bonds. The highest BCUT2D eigenvalue weighted by Crippen LogP contribution is 2.40. The largest absolute Gasteiger partial charge is 0.465 e.